The lowest BCUT2D eigenvalue weighted by Crippen LogP contribution is -2.35. The van der Waals surface area contributed by atoms with E-state index in [1.54, 1.807) is 0 Å². The number of rotatable bonds is 3. The van der Waals surface area contributed by atoms with E-state index in [0.717, 1.165) is 25.7 Å². The number of Topliss-reactive ketones (excluding diaryl/α,β-unsaturated/α-hetero) is 1. The fourth-order valence-electron chi connectivity index (χ4n) is 2.34. The largest absolute Gasteiger partial charge is 0.299 e. The van der Waals surface area contributed by atoms with Gasteiger partial charge < -0.3 is 0 Å². The Labute approximate surface area is 81.2 Å². The summed E-state index contributed by atoms with van der Waals surface area (Å²) in [6.07, 6.45) is 6.95. The van der Waals surface area contributed by atoms with Crippen molar-refractivity contribution in [2.45, 2.75) is 46.0 Å². The summed E-state index contributed by atoms with van der Waals surface area (Å²) in [5.41, 5.74) is 0.221. The molecule has 1 rings (SSSR count). The molecule has 1 nitrogen and oxygen atoms in total. The number of hydrogen-bond donors (Lipinski definition) is 0. The average molecular weight is 180 g/mol. The molecule has 0 spiro atoms. The van der Waals surface area contributed by atoms with Crippen molar-refractivity contribution in [2.24, 2.45) is 11.3 Å². The van der Waals surface area contributed by atoms with Crippen molar-refractivity contribution < 1.29 is 4.79 Å². The zero-order valence-corrected chi connectivity index (χ0v) is 8.81. The Morgan fingerprint density at radius 3 is 2.85 bits per heavy atom. The van der Waals surface area contributed by atoms with Gasteiger partial charge in [0.2, 0.25) is 0 Å². The van der Waals surface area contributed by atoms with Gasteiger partial charge in [-0.05, 0) is 31.1 Å². The molecule has 1 fully saturated rings. The van der Waals surface area contributed by atoms with Gasteiger partial charge in [-0.2, -0.15) is 0 Å². The Kier molecular flexibility index (Phi) is 3.29. The van der Waals surface area contributed by atoms with Crippen LogP contribution in [-0.4, -0.2) is 5.78 Å². The van der Waals surface area contributed by atoms with Crippen LogP contribution in [0.4, 0.5) is 0 Å². The molecule has 0 amide bonds. The molecule has 0 aromatic carbocycles. The van der Waals surface area contributed by atoms with Crippen LogP contribution in [0.3, 0.4) is 0 Å². The minimum atomic E-state index is 0.221. The summed E-state index contributed by atoms with van der Waals surface area (Å²) in [6, 6.07) is 0. The molecule has 0 radical (unpaired) electrons. The van der Waals surface area contributed by atoms with Gasteiger partial charge in [-0.3, -0.25) is 4.79 Å². The van der Waals surface area contributed by atoms with E-state index in [9.17, 15) is 4.79 Å². The van der Waals surface area contributed by atoms with Gasteiger partial charge in [-0.15, -0.1) is 6.58 Å². The Bertz CT molecular complexity index is 203. The van der Waals surface area contributed by atoms with Gasteiger partial charge in [-0.25, -0.2) is 0 Å². The highest BCUT2D eigenvalue weighted by molar-refractivity contribution is 5.82. The van der Waals surface area contributed by atoms with E-state index < -0.39 is 0 Å². The van der Waals surface area contributed by atoms with E-state index >= 15 is 0 Å². The van der Waals surface area contributed by atoms with Crippen molar-refractivity contribution in [3.8, 4) is 0 Å². The highest BCUT2D eigenvalue weighted by Crippen LogP contribution is 2.40. The Morgan fingerprint density at radius 2 is 2.31 bits per heavy atom. The molecule has 13 heavy (non-hydrogen) atoms. The minimum absolute atomic E-state index is 0.221. The van der Waals surface area contributed by atoms with Gasteiger partial charge in [0.1, 0.15) is 5.78 Å². The molecule has 74 valence electrons. The Balaban J connectivity index is 2.63. The van der Waals surface area contributed by atoms with Crippen LogP contribution in [0.25, 0.3) is 0 Å². The second-order valence-corrected chi connectivity index (χ2v) is 4.73. The monoisotopic (exact) mass is 180 g/mol. The van der Waals surface area contributed by atoms with Crippen LogP contribution in [0, 0.1) is 11.3 Å². The Hall–Kier alpha value is -0.590. The zero-order valence-electron chi connectivity index (χ0n) is 8.81. The lowest BCUT2D eigenvalue weighted by Gasteiger charge is -2.37. The first-order valence-electron chi connectivity index (χ1n) is 5.21. The summed E-state index contributed by atoms with van der Waals surface area (Å²) in [4.78, 5) is 11.7. The second-order valence-electron chi connectivity index (χ2n) is 4.73. The van der Waals surface area contributed by atoms with Crippen molar-refractivity contribution in [1.82, 2.24) is 0 Å². The first-order valence-corrected chi connectivity index (χ1v) is 5.21. The fraction of sp³-hybridized carbons (Fsp3) is 0.750. The molecule has 0 aliphatic heterocycles. The van der Waals surface area contributed by atoms with Gasteiger partial charge >= 0.3 is 0 Å². The quantitative estimate of drug-likeness (QED) is 0.609. The highest BCUT2D eigenvalue weighted by Gasteiger charge is 2.36. The highest BCUT2D eigenvalue weighted by atomic mass is 16.1. The summed E-state index contributed by atoms with van der Waals surface area (Å²) in [7, 11) is 0. The molecular weight excluding hydrogens is 160 g/mol. The van der Waals surface area contributed by atoms with Gasteiger partial charge in [-0.1, -0.05) is 19.9 Å². The summed E-state index contributed by atoms with van der Waals surface area (Å²) in [5, 5.41) is 0. The maximum absolute atomic E-state index is 11.7. The van der Waals surface area contributed by atoms with Crippen molar-refractivity contribution in [3.05, 3.63) is 12.7 Å². The van der Waals surface area contributed by atoms with Gasteiger partial charge in [0.15, 0.2) is 0 Å². The van der Waals surface area contributed by atoms with Crippen LogP contribution in [-0.2, 0) is 4.79 Å². The summed E-state index contributed by atoms with van der Waals surface area (Å²) in [5.74, 6) is 0.748. The number of carbonyl (C=O) groups excluding carboxylic acids is 1. The van der Waals surface area contributed by atoms with E-state index in [0.29, 0.717) is 5.78 Å². The van der Waals surface area contributed by atoms with E-state index in [2.05, 4.69) is 20.4 Å². The van der Waals surface area contributed by atoms with Crippen molar-refractivity contribution in [3.63, 3.8) is 0 Å². The lowest BCUT2D eigenvalue weighted by molar-refractivity contribution is -0.129. The molecule has 0 N–H and O–H groups in total. The smallest absolute Gasteiger partial charge is 0.136 e. The molecule has 0 aromatic heterocycles. The lowest BCUT2D eigenvalue weighted by atomic mass is 9.66. The molecule has 1 unspecified atom stereocenters. The first kappa shape index (κ1) is 10.5. The van der Waals surface area contributed by atoms with E-state index in [1.165, 1.54) is 6.42 Å². The SMILES string of the molecule is C=CCCC1C(=O)CCCC1(C)C. The first-order chi connectivity index (χ1) is 6.08. The third kappa shape index (κ3) is 2.43. The van der Waals surface area contributed by atoms with Crippen LogP contribution >= 0.6 is 0 Å². The predicted octanol–water partition coefficient (Wildman–Crippen LogP) is 3.35. The van der Waals surface area contributed by atoms with E-state index in [-0.39, 0.29) is 11.3 Å². The van der Waals surface area contributed by atoms with Crippen molar-refractivity contribution in [1.29, 1.82) is 0 Å². The van der Waals surface area contributed by atoms with Crippen LogP contribution in [0.2, 0.25) is 0 Å². The maximum atomic E-state index is 11.7. The fourth-order valence-corrected chi connectivity index (χ4v) is 2.34. The summed E-state index contributed by atoms with van der Waals surface area (Å²) < 4.78 is 0. The standard InChI is InChI=1S/C12H20O/c1-4-5-7-10-11(13)8-6-9-12(10,2)3/h4,10H,1,5-9H2,2-3H3. The molecule has 1 saturated carbocycles. The normalized spacial score (nSPS) is 27.2. The van der Waals surface area contributed by atoms with Crippen LogP contribution < -0.4 is 0 Å². The van der Waals surface area contributed by atoms with Crippen molar-refractivity contribution >= 4 is 5.78 Å². The molecule has 0 bridgehead atoms. The van der Waals surface area contributed by atoms with Crippen LogP contribution in [0.5, 0.6) is 0 Å². The molecule has 1 heteroatoms. The summed E-state index contributed by atoms with van der Waals surface area (Å²) in [6.45, 7) is 8.15. The Morgan fingerprint density at radius 1 is 1.62 bits per heavy atom. The van der Waals surface area contributed by atoms with Crippen LogP contribution in [0.1, 0.15) is 46.0 Å². The number of hydrogen-bond acceptors (Lipinski definition) is 1. The molecule has 1 aliphatic rings. The average Bonchev–Trinajstić information content (AvgIpc) is 2.02. The minimum Gasteiger partial charge on any atom is -0.299 e. The van der Waals surface area contributed by atoms with E-state index in [4.69, 9.17) is 0 Å². The molecule has 1 atom stereocenters. The van der Waals surface area contributed by atoms with Gasteiger partial charge in [0.25, 0.3) is 0 Å². The number of carbonyl (C=O) groups is 1. The predicted molar refractivity (Wildman–Crippen MR) is 55.6 cm³/mol. The maximum Gasteiger partial charge on any atom is 0.136 e. The van der Waals surface area contributed by atoms with E-state index in [1.807, 2.05) is 6.08 Å². The second kappa shape index (κ2) is 4.08. The van der Waals surface area contributed by atoms with Gasteiger partial charge in [0, 0.05) is 12.3 Å². The topological polar surface area (TPSA) is 17.1 Å². The number of ketones is 1. The summed E-state index contributed by atoms with van der Waals surface area (Å²) >= 11 is 0. The molecular formula is C12H20O. The van der Waals surface area contributed by atoms with Crippen LogP contribution in [0.15, 0.2) is 12.7 Å². The molecule has 0 heterocycles. The third-order valence-corrected chi connectivity index (χ3v) is 3.24. The molecule has 0 aromatic rings. The van der Waals surface area contributed by atoms with Gasteiger partial charge in [0.05, 0.1) is 0 Å². The molecule has 1 aliphatic carbocycles. The third-order valence-electron chi connectivity index (χ3n) is 3.24. The zero-order chi connectivity index (χ0) is 9.90. The molecule has 0 saturated heterocycles. The van der Waals surface area contributed by atoms with Crippen molar-refractivity contribution in [2.75, 3.05) is 0 Å². The number of allylic oxidation sites excluding steroid dienone is 1.